The van der Waals surface area contributed by atoms with Crippen LogP contribution in [0.15, 0.2) is 42.6 Å². The quantitative estimate of drug-likeness (QED) is 0.604. The molecule has 1 amide bonds. The molecule has 1 fully saturated rings. The zero-order chi connectivity index (χ0) is 19.6. The number of rotatable bonds is 3. The van der Waals surface area contributed by atoms with Crippen molar-refractivity contribution in [3.63, 3.8) is 0 Å². The van der Waals surface area contributed by atoms with Crippen molar-refractivity contribution in [3.05, 3.63) is 63.8 Å². The largest absolute Gasteiger partial charge is 0.419 e. The van der Waals surface area contributed by atoms with Crippen LogP contribution < -0.4 is 9.88 Å². The van der Waals surface area contributed by atoms with Crippen LogP contribution in [-0.2, 0) is 6.18 Å². The molecule has 1 N–H and O–H groups in total. The predicted octanol–water partition coefficient (Wildman–Crippen LogP) is 2.39. The first kappa shape index (κ1) is 18.6. The number of aromatic nitrogens is 1. The minimum atomic E-state index is -4.40. The summed E-state index contributed by atoms with van der Waals surface area (Å²) in [5.41, 5.74) is -0.484. The Morgan fingerprint density at radius 3 is 2.15 bits per heavy atom. The van der Waals surface area contributed by atoms with E-state index in [0.29, 0.717) is 37.6 Å². The van der Waals surface area contributed by atoms with Gasteiger partial charge in [-0.1, -0.05) is 0 Å². The Kier molecular flexibility index (Phi) is 4.98. The van der Waals surface area contributed by atoms with E-state index < -0.39 is 16.7 Å². The van der Waals surface area contributed by atoms with Crippen molar-refractivity contribution in [2.75, 3.05) is 31.1 Å². The van der Waals surface area contributed by atoms with E-state index in [0.717, 1.165) is 12.3 Å². The molecule has 3 rings (SSSR count). The van der Waals surface area contributed by atoms with Crippen LogP contribution in [0, 0.1) is 10.1 Å². The molecule has 0 bridgehead atoms. The number of carbonyl (C=O) groups is 1. The summed E-state index contributed by atoms with van der Waals surface area (Å²) >= 11 is 0. The van der Waals surface area contributed by atoms with Gasteiger partial charge >= 0.3 is 6.18 Å². The maximum absolute atomic E-state index is 12.6. The van der Waals surface area contributed by atoms with Gasteiger partial charge in [0.25, 0.3) is 17.4 Å². The number of benzene rings is 1. The Labute approximate surface area is 152 Å². The summed E-state index contributed by atoms with van der Waals surface area (Å²) in [7, 11) is 0. The molecule has 1 saturated heterocycles. The minimum absolute atomic E-state index is 0.0887. The molecule has 1 aromatic heterocycles. The first-order chi connectivity index (χ1) is 12.8. The molecule has 7 nitrogen and oxygen atoms in total. The van der Waals surface area contributed by atoms with Gasteiger partial charge in [-0.25, -0.2) is 4.98 Å². The highest BCUT2D eigenvalue weighted by molar-refractivity contribution is 5.94. The number of amides is 1. The SMILES string of the molecule is O=C(c1ccc([N+](=O)[O-])cc1)N1CCN(c2ccc(C(F)(F)F)c[nH+]2)CC1. The number of non-ortho nitro benzene ring substituents is 1. The molecule has 0 atom stereocenters. The van der Waals surface area contributed by atoms with Crippen LogP contribution in [0.2, 0.25) is 0 Å². The van der Waals surface area contributed by atoms with E-state index in [2.05, 4.69) is 4.98 Å². The van der Waals surface area contributed by atoms with Crippen molar-refractivity contribution >= 4 is 17.4 Å². The molecule has 0 saturated carbocycles. The van der Waals surface area contributed by atoms with Crippen LogP contribution in [0.1, 0.15) is 15.9 Å². The van der Waals surface area contributed by atoms with Crippen molar-refractivity contribution in [1.82, 2.24) is 4.90 Å². The Balaban J connectivity index is 1.61. The molecule has 10 heteroatoms. The van der Waals surface area contributed by atoms with E-state index in [9.17, 15) is 28.1 Å². The lowest BCUT2D eigenvalue weighted by atomic mass is 10.1. The number of nitro benzene ring substituents is 1. The Morgan fingerprint density at radius 2 is 1.67 bits per heavy atom. The number of nitro groups is 1. The predicted molar refractivity (Wildman–Crippen MR) is 89.2 cm³/mol. The van der Waals surface area contributed by atoms with Gasteiger partial charge < -0.3 is 4.90 Å². The fourth-order valence-corrected chi connectivity index (χ4v) is 2.85. The topological polar surface area (TPSA) is 80.8 Å². The van der Waals surface area contributed by atoms with Crippen LogP contribution in [0.5, 0.6) is 0 Å². The van der Waals surface area contributed by atoms with Crippen molar-refractivity contribution < 1.29 is 27.9 Å². The molecular weight excluding hydrogens is 365 g/mol. The van der Waals surface area contributed by atoms with Gasteiger partial charge in [0.1, 0.15) is 19.3 Å². The second-order valence-corrected chi connectivity index (χ2v) is 6.04. The number of hydrogen-bond donors (Lipinski definition) is 0. The van der Waals surface area contributed by atoms with E-state index in [-0.39, 0.29) is 11.6 Å². The van der Waals surface area contributed by atoms with E-state index in [1.165, 1.54) is 30.3 Å². The van der Waals surface area contributed by atoms with Crippen LogP contribution in [0.3, 0.4) is 0 Å². The highest BCUT2D eigenvalue weighted by Crippen LogP contribution is 2.28. The fourth-order valence-electron chi connectivity index (χ4n) is 2.85. The van der Waals surface area contributed by atoms with Crippen LogP contribution in [0.25, 0.3) is 0 Å². The number of nitrogens with one attached hydrogen (secondary N) is 1. The Morgan fingerprint density at radius 1 is 1.04 bits per heavy atom. The Bertz CT molecular complexity index is 830. The van der Waals surface area contributed by atoms with E-state index in [1.807, 2.05) is 4.90 Å². The third-order valence-electron chi connectivity index (χ3n) is 4.36. The van der Waals surface area contributed by atoms with Crippen molar-refractivity contribution in [1.29, 1.82) is 0 Å². The molecule has 27 heavy (non-hydrogen) atoms. The number of alkyl halides is 3. The van der Waals surface area contributed by atoms with Gasteiger partial charge in [-0.3, -0.25) is 19.8 Å². The van der Waals surface area contributed by atoms with Crippen molar-refractivity contribution in [2.24, 2.45) is 0 Å². The summed E-state index contributed by atoms with van der Waals surface area (Å²) in [6, 6.07) is 7.77. The summed E-state index contributed by atoms with van der Waals surface area (Å²) < 4.78 is 37.9. The molecule has 0 radical (unpaired) electrons. The number of carbonyl (C=O) groups excluding carboxylic acids is 1. The molecule has 142 valence electrons. The summed E-state index contributed by atoms with van der Waals surface area (Å²) in [5.74, 6) is 0.311. The van der Waals surface area contributed by atoms with Crippen molar-refractivity contribution in [3.8, 4) is 0 Å². The van der Waals surface area contributed by atoms with Crippen LogP contribution >= 0.6 is 0 Å². The van der Waals surface area contributed by atoms with Crippen LogP contribution in [-0.4, -0.2) is 41.9 Å². The van der Waals surface area contributed by atoms with Crippen LogP contribution in [0.4, 0.5) is 24.7 Å². The van der Waals surface area contributed by atoms with Gasteiger partial charge in [0.15, 0.2) is 0 Å². The molecule has 2 aromatic rings. The van der Waals surface area contributed by atoms with E-state index in [1.54, 1.807) is 4.90 Å². The highest BCUT2D eigenvalue weighted by atomic mass is 19.4. The van der Waals surface area contributed by atoms with Gasteiger partial charge in [-0.05, 0) is 18.2 Å². The Hall–Kier alpha value is -3.17. The molecular formula is C17H16F3N4O3+. The van der Waals surface area contributed by atoms with Gasteiger partial charge in [0, 0.05) is 23.8 Å². The number of aromatic amines is 1. The minimum Gasteiger partial charge on any atom is -0.331 e. The van der Waals surface area contributed by atoms with Gasteiger partial charge in [0.2, 0.25) is 0 Å². The summed E-state index contributed by atoms with van der Waals surface area (Å²) in [5, 5.41) is 10.7. The fraction of sp³-hybridized carbons (Fsp3) is 0.294. The summed E-state index contributed by atoms with van der Waals surface area (Å²) in [4.78, 5) is 28.7. The lowest BCUT2D eigenvalue weighted by Gasteiger charge is -2.31. The van der Waals surface area contributed by atoms with E-state index >= 15 is 0 Å². The third kappa shape index (κ3) is 4.15. The van der Waals surface area contributed by atoms with Gasteiger partial charge in [0.05, 0.1) is 23.6 Å². The molecule has 0 unspecified atom stereocenters. The number of nitrogens with zero attached hydrogens (tertiary/aromatic N) is 3. The maximum Gasteiger partial charge on any atom is 0.419 e. The number of hydrogen-bond acceptors (Lipinski definition) is 4. The number of halogens is 3. The average Bonchev–Trinajstić information content (AvgIpc) is 2.67. The molecule has 0 aliphatic carbocycles. The van der Waals surface area contributed by atoms with E-state index in [4.69, 9.17) is 0 Å². The molecule has 1 aromatic carbocycles. The molecule has 0 spiro atoms. The van der Waals surface area contributed by atoms with Crippen molar-refractivity contribution in [2.45, 2.75) is 6.18 Å². The normalized spacial score (nSPS) is 14.9. The first-order valence-corrected chi connectivity index (χ1v) is 8.13. The monoisotopic (exact) mass is 381 g/mol. The lowest BCUT2D eigenvalue weighted by molar-refractivity contribution is -0.384. The summed E-state index contributed by atoms with van der Waals surface area (Å²) in [6.45, 7) is 1.70. The summed E-state index contributed by atoms with van der Waals surface area (Å²) in [6.07, 6.45) is -3.48. The molecule has 2 heterocycles. The number of piperazine rings is 1. The zero-order valence-corrected chi connectivity index (χ0v) is 14.1. The zero-order valence-electron chi connectivity index (χ0n) is 14.1. The lowest BCUT2D eigenvalue weighted by Crippen LogP contribution is -2.50. The second-order valence-electron chi connectivity index (χ2n) is 6.04. The maximum atomic E-state index is 12.6. The third-order valence-corrected chi connectivity index (χ3v) is 4.36. The van der Waals surface area contributed by atoms with Gasteiger partial charge in [-0.15, -0.1) is 0 Å². The van der Waals surface area contributed by atoms with Gasteiger partial charge in [-0.2, -0.15) is 13.2 Å². The number of anilines is 1. The average molecular weight is 381 g/mol. The standard InChI is InChI=1S/C17H15F3N4O3/c18-17(19,20)13-3-6-15(21-11-13)22-7-9-23(10-8-22)16(25)12-1-4-14(5-2-12)24(26)27/h1-6,11H,7-10H2/p+1. The smallest absolute Gasteiger partial charge is 0.331 e. The molecule has 1 aliphatic rings. The first-order valence-electron chi connectivity index (χ1n) is 8.13. The molecule has 1 aliphatic heterocycles. The number of H-pyrrole nitrogens is 1. The highest BCUT2D eigenvalue weighted by Gasteiger charge is 2.33. The second kappa shape index (κ2) is 7.22. The number of pyridine rings is 1.